The van der Waals surface area contributed by atoms with Crippen LogP contribution in [0.15, 0.2) is 58.3 Å². The number of benzene rings is 2. The lowest BCUT2D eigenvalue weighted by Crippen LogP contribution is -1.84. The molecule has 0 saturated carbocycles. The van der Waals surface area contributed by atoms with Crippen LogP contribution in [0.4, 0.5) is 0 Å². The van der Waals surface area contributed by atoms with E-state index in [0.717, 1.165) is 5.75 Å². The summed E-state index contributed by atoms with van der Waals surface area (Å²) in [6, 6.07) is 18.0. The Morgan fingerprint density at radius 2 is 0.963 bits per heavy atom. The van der Waals surface area contributed by atoms with E-state index >= 15 is 0 Å². The lowest BCUT2D eigenvalue weighted by Gasteiger charge is -2.06. The number of thioether (sulfide) groups is 2. The molecule has 0 saturated heterocycles. The molecule has 2 heteroatoms. The molecule has 0 bridgehead atoms. The number of hydrogen-bond acceptors (Lipinski definition) is 2. The summed E-state index contributed by atoms with van der Waals surface area (Å²) < 4.78 is 0. The third-order valence-electron chi connectivity index (χ3n) is 4.87. The Bertz CT molecular complexity index is 601. The van der Waals surface area contributed by atoms with E-state index in [1.807, 2.05) is 23.5 Å². The van der Waals surface area contributed by atoms with E-state index in [2.05, 4.69) is 62.4 Å². The van der Waals surface area contributed by atoms with Crippen LogP contribution < -0.4 is 0 Å². The van der Waals surface area contributed by atoms with Crippen molar-refractivity contribution in [1.82, 2.24) is 0 Å². The molecule has 0 unspecified atom stereocenters. The first-order valence-electron chi connectivity index (χ1n) is 10.8. The summed E-state index contributed by atoms with van der Waals surface area (Å²) in [7, 11) is 0. The molecule has 0 fully saturated rings. The van der Waals surface area contributed by atoms with Gasteiger partial charge in [-0.15, -0.1) is 23.5 Å². The van der Waals surface area contributed by atoms with Crippen LogP contribution in [0.25, 0.3) is 11.1 Å². The fourth-order valence-corrected chi connectivity index (χ4v) is 4.83. The summed E-state index contributed by atoms with van der Waals surface area (Å²) >= 11 is 3.90. The maximum Gasteiger partial charge on any atom is 0.00723 e. The minimum Gasteiger partial charge on any atom is -0.126 e. The maximum atomic E-state index is 2.29. The van der Waals surface area contributed by atoms with Gasteiger partial charge in [-0.05, 0) is 53.3 Å². The van der Waals surface area contributed by atoms with Crippen LogP contribution in [-0.4, -0.2) is 11.5 Å². The number of unbranched alkanes of at least 4 members (excludes halogenated alkanes) is 8. The van der Waals surface area contributed by atoms with Gasteiger partial charge in [0.1, 0.15) is 0 Å². The van der Waals surface area contributed by atoms with Crippen molar-refractivity contribution in [2.45, 2.75) is 81.4 Å². The average Bonchev–Trinajstić information content (AvgIpc) is 2.71. The molecule has 148 valence electrons. The van der Waals surface area contributed by atoms with Crippen molar-refractivity contribution in [1.29, 1.82) is 0 Å². The van der Waals surface area contributed by atoms with E-state index in [1.54, 1.807) is 0 Å². The van der Waals surface area contributed by atoms with Gasteiger partial charge in [-0.1, -0.05) is 89.5 Å². The minimum atomic E-state index is 1.13. The van der Waals surface area contributed by atoms with E-state index in [9.17, 15) is 0 Å². The topological polar surface area (TPSA) is 0 Å². The van der Waals surface area contributed by atoms with E-state index in [-0.39, 0.29) is 0 Å². The molecule has 0 aliphatic heterocycles. The van der Waals surface area contributed by atoms with Crippen LogP contribution in [0.2, 0.25) is 0 Å². The molecule has 27 heavy (non-hydrogen) atoms. The first-order chi connectivity index (χ1) is 13.3. The quantitative estimate of drug-likeness (QED) is 0.229. The molecule has 0 N–H and O–H groups in total. The zero-order chi connectivity index (χ0) is 19.2. The molecule has 0 atom stereocenters. The Kier molecular flexibility index (Phi) is 11.8. The summed E-state index contributed by atoms with van der Waals surface area (Å²) in [6.07, 6.45) is 12.7. The first-order valence-corrected chi connectivity index (χ1v) is 12.8. The highest BCUT2D eigenvalue weighted by Gasteiger charge is 2.00. The monoisotopic (exact) mass is 400 g/mol. The molecule has 0 nitrogen and oxygen atoms in total. The maximum absolute atomic E-state index is 2.29. The third kappa shape index (κ3) is 9.25. The molecule has 0 aliphatic rings. The van der Waals surface area contributed by atoms with Crippen molar-refractivity contribution in [3.63, 3.8) is 0 Å². The molecule has 0 aliphatic carbocycles. The van der Waals surface area contributed by atoms with Crippen LogP contribution in [-0.2, 0) is 0 Å². The molecule has 0 spiro atoms. The van der Waals surface area contributed by atoms with Gasteiger partial charge in [-0.25, -0.2) is 0 Å². The Balaban J connectivity index is 1.61. The normalized spacial score (nSPS) is 11.0. The van der Waals surface area contributed by atoms with Gasteiger partial charge in [0.2, 0.25) is 0 Å². The van der Waals surface area contributed by atoms with Crippen molar-refractivity contribution in [3.05, 3.63) is 48.5 Å². The van der Waals surface area contributed by atoms with Crippen LogP contribution in [0.1, 0.15) is 71.6 Å². The molecule has 2 aromatic carbocycles. The minimum absolute atomic E-state index is 1.13. The van der Waals surface area contributed by atoms with Gasteiger partial charge >= 0.3 is 0 Å². The third-order valence-corrected chi connectivity index (χ3v) is 6.86. The molecule has 2 aromatic rings. The first kappa shape index (κ1) is 22.4. The number of rotatable bonds is 14. The average molecular weight is 401 g/mol. The second-order valence-corrected chi connectivity index (χ2v) is 9.66. The van der Waals surface area contributed by atoms with E-state index in [4.69, 9.17) is 0 Å². The Morgan fingerprint density at radius 1 is 0.519 bits per heavy atom. The zero-order valence-corrected chi connectivity index (χ0v) is 18.8. The van der Waals surface area contributed by atoms with Gasteiger partial charge in [0.15, 0.2) is 0 Å². The summed E-state index contributed by atoms with van der Waals surface area (Å²) in [5.74, 6) is 2.38. The highest BCUT2D eigenvalue weighted by Crippen LogP contribution is 2.27. The highest BCUT2D eigenvalue weighted by atomic mass is 32.2. The standard InChI is InChI=1S/C25H36S2/c1-3-5-6-7-8-9-10-11-12-21-27-25-19-15-23(16-20-25)22-13-17-24(18-14-22)26-4-2/h13-20H,3-12,21H2,1-2H3. The lowest BCUT2D eigenvalue weighted by atomic mass is 10.1. The Labute approximate surface area is 175 Å². The largest absolute Gasteiger partial charge is 0.126 e. The molecule has 0 radical (unpaired) electrons. The van der Waals surface area contributed by atoms with Crippen LogP contribution in [0, 0.1) is 0 Å². The predicted molar refractivity (Wildman–Crippen MR) is 126 cm³/mol. The van der Waals surface area contributed by atoms with Gasteiger partial charge in [-0.3, -0.25) is 0 Å². The van der Waals surface area contributed by atoms with Gasteiger partial charge in [0.25, 0.3) is 0 Å². The Morgan fingerprint density at radius 3 is 1.44 bits per heavy atom. The summed E-state index contributed by atoms with van der Waals surface area (Å²) in [6.45, 7) is 4.48. The van der Waals surface area contributed by atoms with E-state index < -0.39 is 0 Å². The fraction of sp³-hybridized carbons (Fsp3) is 0.520. The zero-order valence-electron chi connectivity index (χ0n) is 17.2. The molecular weight excluding hydrogens is 364 g/mol. The molecule has 0 amide bonds. The molecule has 0 heterocycles. The van der Waals surface area contributed by atoms with Crippen molar-refractivity contribution >= 4 is 23.5 Å². The lowest BCUT2D eigenvalue weighted by molar-refractivity contribution is 0.573. The fourth-order valence-electron chi connectivity index (χ4n) is 3.26. The van der Waals surface area contributed by atoms with Crippen molar-refractivity contribution in [2.75, 3.05) is 11.5 Å². The SMILES string of the molecule is CCCCCCCCCCCSc1ccc(-c2ccc(SCC)cc2)cc1. The Hall–Kier alpha value is -0.860. The van der Waals surface area contributed by atoms with Crippen LogP contribution in [0.3, 0.4) is 0 Å². The van der Waals surface area contributed by atoms with Gasteiger partial charge in [-0.2, -0.15) is 0 Å². The number of hydrogen-bond donors (Lipinski definition) is 0. The van der Waals surface area contributed by atoms with Gasteiger partial charge < -0.3 is 0 Å². The van der Waals surface area contributed by atoms with Crippen LogP contribution >= 0.6 is 23.5 Å². The van der Waals surface area contributed by atoms with Crippen molar-refractivity contribution in [3.8, 4) is 11.1 Å². The molecule has 0 aromatic heterocycles. The van der Waals surface area contributed by atoms with E-state index in [1.165, 1.54) is 84.5 Å². The molecular formula is C25H36S2. The van der Waals surface area contributed by atoms with Crippen LogP contribution in [0.5, 0.6) is 0 Å². The highest BCUT2D eigenvalue weighted by molar-refractivity contribution is 7.99. The summed E-state index contributed by atoms with van der Waals surface area (Å²) in [4.78, 5) is 2.76. The van der Waals surface area contributed by atoms with Gasteiger partial charge in [0.05, 0.1) is 0 Å². The smallest absolute Gasteiger partial charge is 0.00723 e. The van der Waals surface area contributed by atoms with Gasteiger partial charge in [0, 0.05) is 9.79 Å². The van der Waals surface area contributed by atoms with Crippen molar-refractivity contribution < 1.29 is 0 Å². The predicted octanol–water partition coefficient (Wildman–Crippen LogP) is 9.09. The summed E-state index contributed by atoms with van der Waals surface area (Å²) in [5, 5.41) is 0. The van der Waals surface area contributed by atoms with Crippen molar-refractivity contribution in [2.24, 2.45) is 0 Å². The second kappa shape index (κ2) is 14.2. The molecule has 2 rings (SSSR count). The summed E-state index contributed by atoms with van der Waals surface area (Å²) in [5.41, 5.74) is 2.63. The van der Waals surface area contributed by atoms with E-state index in [0.29, 0.717) is 0 Å². The second-order valence-electron chi connectivity index (χ2n) is 7.16.